The third-order valence-corrected chi connectivity index (χ3v) is 18.1. The molecule has 0 aliphatic carbocycles. The number of anilines is 1. The molecule has 0 radical (unpaired) electrons. The topological polar surface area (TPSA) is 297 Å². The number of piperidine rings is 1. The minimum atomic E-state index is -5.31. The van der Waals surface area contributed by atoms with Gasteiger partial charge in [0.25, 0.3) is 5.91 Å². The number of likely N-dealkylation sites (N-methyl/N-ethyl adjacent to an activating group) is 1. The molecule has 7 atom stereocenters. The lowest BCUT2D eigenvalue weighted by molar-refractivity contribution is -0.149. The zero-order valence-electron chi connectivity index (χ0n) is 45.6. The van der Waals surface area contributed by atoms with Crippen LogP contribution in [0.25, 0.3) is 0 Å². The maximum atomic E-state index is 14.4. The lowest BCUT2D eigenvalue weighted by Gasteiger charge is -2.37. The van der Waals surface area contributed by atoms with E-state index in [1.165, 1.54) is 37.4 Å². The van der Waals surface area contributed by atoms with Crippen molar-refractivity contribution in [2.75, 3.05) is 38.8 Å². The highest BCUT2D eigenvalue weighted by Crippen LogP contribution is 2.40. The number of carboxylic acid groups (broad SMARTS) is 1. The molecule has 1 aliphatic heterocycles. The summed E-state index contributed by atoms with van der Waals surface area (Å²) in [5.41, 5.74) is 0.291. The van der Waals surface area contributed by atoms with Crippen molar-refractivity contribution in [2.45, 2.75) is 161 Å². The van der Waals surface area contributed by atoms with Crippen LogP contribution in [0.1, 0.15) is 153 Å². The summed E-state index contributed by atoms with van der Waals surface area (Å²) < 4.78 is 26.1. The molecule has 1 fully saturated rings. The van der Waals surface area contributed by atoms with E-state index in [0.29, 0.717) is 37.0 Å². The molecule has 2 heterocycles. The molecule has 4 amide bonds. The maximum Gasteiger partial charge on any atom is 0.529 e. The van der Waals surface area contributed by atoms with Gasteiger partial charge in [-0.25, -0.2) is 14.3 Å². The second-order valence-corrected chi connectivity index (χ2v) is 25.6. The van der Waals surface area contributed by atoms with Crippen molar-refractivity contribution in [3.05, 3.63) is 39.8 Å². The number of carbonyl (C=O) groups excluding carboxylic acids is 7. The highest BCUT2D eigenvalue weighted by atomic mass is 33.1. The molecule has 2 aromatic rings. The average molecular weight is 1140 g/mol. The zero-order chi connectivity index (χ0) is 57.1. The monoisotopic (exact) mass is 1140 g/mol. The molecule has 76 heavy (non-hydrogen) atoms. The minimum absolute atomic E-state index is 0.0207. The van der Waals surface area contributed by atoms with E-state index in [4.69, 9.17) is 9.47 Å². The Morgan fingerprint density at radius 3 is 2.33 bits per heavy atom. The number of phosphoric acid groups is 1. The van der Waals surface area contributed by atoms with Gasteiger partial charge < -0.3 is 40.0 Å². The molecule has 0 bridgehead atoms. The average Bonchev–Trinajstić information content (AvgIpc) is 3.84. The second kappa shape index (κ2) is 31.1. The summed E-state index contributed by atoms with van der Waals surface area (Å²) in [6, 6.07) is 2.54. The summed E-state index contributed by atoms with van der Waals surface area (Å²) in [7, 11) is 3.05. The van der Waals surface area contributed by atoms with Crippen molar-refractivity contribution in [1.29, 1.82) is 0 Å². The number of hydrogen-bond donors (Lipinski definition) is 6. The number of thiazole rings is 1. The molecular weight excluding hydrogens is 1060 g/mol. The zero-order valence-corrected chi connectivity index (χ0v) is 48.9. The summed E-state index contributed by atoms with van der Waals surface area (Å²) in [5.74, 6) is -4.58. The van der Waals surface area contributed by atoms with E-state index in [9.17, 15) is 57.8 Å². The van der Waals surface area contributed by atoms with Gasteiger partial charge in [0.15, 0.2) is 17.6 Å². The SMILES string of the molecule is CC[C@H](C)[C@H](CC(=O)C1CCCCN1C)C(=O)N(C)[C@H](C[C@@H](OC(C)=O)c1nc(C(=O)N[C@@H](Cc2ccc(OC(=O)OP(=O)(O)O)c(NC(=O)CCCSSC(C)(C)CCC(=O)NC)c2)CC(C)C(=O)O)cs1)C(C)C. The van der Waals surface area contributed by atoms with Crippen LogP contribution in [0.3, 0.4) is 0 Å². The first-order valence-corrected chi connectivity index (χ1v) is 30.3. The van der Waals surface area contributed by atoms with Crippen molar-refractivity contribution >= 4 is 93.9 Å². The lowest BCUT2D eigenvalue weighted by atomic mass is 9.83. The van der Waals surface area contributed by atoms with Crippen molar-refractivity contribution in [3.8, 4) is 5.75 Å². The summed E-state index contributed by atoms with van der Waals surface area (Å²) in [5, 5.41) is 19.8. The number of aromatic nitrogens is 1. The number of ether oxygens (including phenoxy) is 2. The van der Waals surface area contributed by atoms with Gasteiger partial charge in [-0.2, -0.15) is 0 Å². The summed E-state index contributed by atoms with van der Waals surface area (Å²) in [6.45, 7) is 15.4. The van der Waals surface area contributed by atoms with Crippen LogP contribution in [0.2, 0.25) is 0 Å². The number of ketones is 1. The number of nitrogens with zero attached hydrogens (tertiary/aromatic N) is 3. The number of amides is 4. The van der Waals surface area contributed by atoms with Gasteiger partial charge in [0.05, 0.1) is 17.6 Å². The predicted molar refractivity (Wildman–Crippen MR) is 293 cm³/mol. The van der Waals surface area contributed by atoms with Gasteiger partial charge in [0, 0.05) is 80.6 Å². The van der Waals surface area contributed by atoms with Gasteiger partial charge in [-0.3, -0.25) is 48.2 Å². The van der Waals surface area contributed by atoms with Gasteiger partial charge >= 0.3 is 25.9 Å². The Bertz CT molecular complexity index is 2370. The van der Waals surface area contributed by atoms with Crippen LogP contribution in [0.4, 0.5) is 10.5 Å². The fourth-order valence-corrected chi connectivity index (χ4v) is 12.5. The molecule has 3 rings (SSSR count). The Morgan fingerprint density at radius 2 is 1.72 bits per heavy atom. The molecule has 0 spiro atoms. The van der Waals surface area contributed by atoms with Crippen molar-refractivity contribution in [3.63, 3.8) is 0 Å². The van der Waals surface area contributed by atoms with Crippen LogP contribution in [0.5, 0.6) is 5.75 Å². The fourth-order valence-electron chi connectivity index (χ4n) is 8.76. The van der Waals surface area contributed by atoms with E-state index in [1.807, 2.05) is 48.6 Å². The third-order valence-electron chi connectivity index (χ3n) is 13.4. The van der Waals surface area contributed by atoms with Gasteiger partial charge in [-0.15, -0.1) is 11.3 Å². The first-order chi connectivity index (χ1) is 35.5. The number of aliphatic carboxylic acids is 1. The van der Waals surface area contributed by atoms with E-state index >= 15 is 0 Å². The Kier molecular flexibility index (Phi) is 26.9. The number of benzene rings is 1. The predicted octanol–water partition coefficient (Wildman–Crippen LogP) is 8.19. The van der Waals surface area contributed by atoms with Crippen molar-refractivity contribution < 1.29 is 71.8 Å². The number of carboxylic acids is 1. The third kappa shape index (κ3) is 22.4. The van der Waals surface area contributed by atoms with Crippen molar-refractivity contribution in [1.82, 2.24) is 25.4 Å². The number of hydrogen-bond acceptors (Lipinski definition) is 17. The molecule has 25 heteroatoms. The van der Waals surface area contributed by atoms with Crippen LogP contribution in [-0.4, -0.2) is 133 Å². The highest BCUT2D eigenvalue weighted by molar-refractivity contribution is 8.77. The van der Waals surface area contributed by atoms with Crippen LogP contribution >= 0.6 is 40.7 Å². The number of phosphoric ester groups is 1. The number of esters is 1. The standard InChI is InChI=1S/C51H79N6O15PS3/c1-12-31(4)36(27-41(59)39-16-13-14-22-56(39)10)48(63)57(11)40(30(2)3)28-43(70-33(6)58)47-55-38(29-74-47)46(62)53-35(24-32(5)49(64)65)25-34-18-19-42(71-50(66)72-73(67,68)69)37(26-34)54-45(61)17-15-23-75-76-51(7,8)21-20-44(60)52-9/h18-19,26,29-32,35-36,39-40,43H,12-17,20-25,27-28H2,1-11H3,(H,52,60)(H,53,62)(H,54,61)(H,64,65)(H2,67,68,69)/t31-,32?,35+,36-,39?,40+,43+/m0/s1. The maximum absolute atomic E-state index is 14.4. The largest absolute Gasteiger partial charge is 0.529 e. The van der Waals surface area contributed by atoms with E-state index in [1.54, 1.807) is 40.6 Å². The smallest absolute Gasteiger partial charge is 0.481 e. The van der Waals surface area contributed by atoms with E-state index < -0.39 is 67.8 Å². The number of likely N-dealkylation sites (tertiary alicyclic amines) is 1. The quantitative estimate of drug-likeness (QED) is 0.0136. The molecule has 1 saturated heterocycles. The number of nitrogens with one attached hydrogen (secondary N) is 3. The first-order valence-electron chi connectivity index (χ1n) is 25.6. The van der Waals surface area contributed by atoms with Crippen LogP contribution in [-0.2, 0) is 49.0 Å². The first kappa shape index (κ1) is 65.7. The van der Waals surface area contributed by atoms with Crippen LogP contribution in [0, 0.1) is 23.7 Å². The number of rotatable bonds is 31. The second-order valence-electron chi connectivity index (χ2n) is 20.4. The molecule has 1 aromatic carbocycles. The number of Topliss-reactive ketones (excluding diaryl/α,β-unsaturated/α-hetero) is 1. The Labute approximate surface area is 458 Å². The van der Waals surface area contributed by atoms with Crippen molar-refractivity contribution in [2.24, 2.45) is 23.7 Å². The Hall–Kier alpha value is -4.58. The van der Waals surface area contributed by atoms with Gasteiger partial charge in [0.2, 0.25) is 17.7 Å². The molecular formula is C51H79N6O15PS3. The van der Waals surface area contributed by atoms with Gasteiger partial charge in [-0.1, -0.05) is 75.1 Å². The summed E-state index contributed by atoms with van der Waals surface area (Å²) in [4.78, 5) is 131. The Balaban J connectivity index is 1.86. The molecule has 21 nitrogen and oxygen atoms in total. The molecule has 1 aliphatic rings. The van der Waals surface area contributed by atoms with Crippen LogP contribution in [0.15, 0.2) is 23.6 Å². The summed E-state index contributed by atoms with van der Waals surface area (Å²) >= 11 is 1.07. The van der Waals surface area contributed by atoms with E-state index in [-0.39, 0.29) is 94.5 Å². The molecule has 6 N–H and O–H groups in total. The number of carbonyl (C=O) groups is 8. The molecule has 2 unspecified atom stereocenters. The van der Waals surface area contributed by atoms with E-state index in [0.717, 1.165) is 37.1 Å². The molecule has 1 aromatic heterocycles. The minimum Gasteiger partial charge on any atom is -0.481 e. The van der Waals surface area contributed by atoms with Gasteiger partial charge in [-0.05, 0) is 95.5 Å². The normalized spacial score (nSPS) is 16.5. The molecule has 426 valence electrons. The lowest BCUT2D eigenvalue weighted by Crippen LogP contribution is -2.48. The summed E-state index contributed by atoms with van der Waals surface area (Å²) in [6.07, 6.45) is 2.33. The Morgan fingerprint density at radius 1 is 1.03 bits per heavy atom. The van der Waals surface area contributed by atoms with Crippen LogP contribution < -0.4 is 20.7 Å². The van der Waals surface area contributed by atoms with Gasteiger partial charge in [0.1, 0.15) is 10.7 Å². The fraction of sp³-hybridized carbons (Fsp3) is 0.667. The van der Waals surface area contributed by atoms with E-state index in [2.05, 4.69) is 30.4 Å². The highest BCUT2D eigenvalue weighted by Gasteiger charge is 2.38. The molecule has 0 saturated carbocycles.